The van der Waals surface area contributed by atoms with Crippen LogP contribution in [0.1, 0.15) is 33.1 Å². The van der Waals surface area contributed by atoms with E-state index in [1.807, 2.05) is 26.0 Å². The Bertz CT molecular complexity index is 561. The molecule has 21 heavy (non-hydrogen) atoms. The normalized spacial score (nSPS) is 18.9. The zero-order chi connectivity index (χ0) is 15.6. The Hall–Kier alpha value is -1.01. The second-order valence-corrected chi connectivity index (χ2v) is 7.17. The standard InChI is InChI=1S/C15H19BrN2O2S/c1-3-10(4-2)18-14(19)8-13(15(18)20)21-12-6-5-9(17)7-11(12)16/h5-7,10,13H,3-4,8,17H2,1-2H3. The summed E-state index contributed by atoms with van der Waals surface area (Å²) in [4.78, 5) is 27.0. The maximum atomic E-state index is 12.5. The number of rotatable bonds is 5. The highest BCUT2D eigenvalue weighted by atomic mass is 79.9. The van der Waals surface area contributed by atoms with Crippen molar-refractivity contribution in [2.75, 3.05) is 5.73 Å². The molecule has 4 nitrogen and oxygen atoms in total. The molecule has 1 aromatic carbocycles. The number of nitrogen functional groups attached to an aromatic ring is 1. The van der Waals surface area contributed by atoms with Crippen molar-refractivity contribution in [2.24, 2.45) is 0 Å². The van der Waals surface area contributed by atoms with Crippen molar-refractivity contribution in [3.05, 3.63) is 22.7 Å². The van der Waals surface area contributed by atoms with Gasteiger partial charge in [-0.1, -0.05) is 13.8 Å². The predicted molar refractivity (Wildman–Crippen MR) is 89.0 cm³/mol. The summed E-state index contributed by atoms with van der Waals surface area (Å²) in [5, 5.41) is -0.335. The Morgan fingerprint density at radius 1 is 1.38 bits per heavy atom. The summed E-state index contributed by atoms with van der Waals surface area (Å²) in [5.74, 6) is -0.125. The quantitative estimate of drug-likeness (QED) is 0.636. The molecule has 1 aromatic rings. The fourth-order valence-corrected chi connectivity index (χ4v) is 4.26. The average Bonchev–Trinajstić information content (AvgIpc) is 2.71. The van der Waals surface area contributed by atoms with Gasteiger partial charge in [-0.2, -0.15) is 0 Å². The highest BCUT2D eigenvalue weighted by molar-refractivity contribution is 9.10. The van der Waals surface area contributed by atoms with E-state index >= 15 is 0 Å². The van der Waals surface area contributed by atoms with Gasteiger partial charge in [0, 0.05) is 27.5 Å². The highest BCUT2D eigenvalue weighted by Gasteiger charge is 2.41. The van der Waals surface area contributed by atoms with Gasteiger partial charge in [0.05, 0.1) is 5.25 Å². The first kappa shape index (κ1) is 16.4. The molecule has 2 amide bonds. The highest BCUT2D eigenvalue weighted by Crippen LogP contribution is 2.37. The smallest absolute Gasteiger partial charge is 0.243 e. The zero-order valence-corrected chi connectivity index (χ0v) is 14.5. The zero-order valence-electron chi connectivity index (χ0n) is 12.1. The molecule has 1 saturated heterocycles. The van der Waals surface area contributed by atoms with Gasteiger partial charge >= 0.3 is 0 Å². The van der Waals surface area contributed by atoms with Crippen LogP contribution in [-0.2, 0) is 9.59 Å². The number of likely N-dealkylation sites (tertiary alicyclic amines) is 1. The summed E-state index contributed by atoms with van der Waals surface area (Å²) in [5.41, 5.74) is 6.38. The number of amides is 2. The van der Waals surface area contributed by atoms with Crippen molar-refractivity contribution >= 4 is 45.2 Å². The molecule has 0 spiro atoms. The fourth-order valence-electron chi connectivity index (χ4n) is 2.52. The van der Waals surface area contributed by atoms with Gasteiger partial charge < -0.3 is 5.73 Å². The molecular formula is C15H19BrN2O2S. The van der Waals surface area contributed by atoms with Crippen LogP contribution in [0.5, 0.6) is 0 Å². The Morgan fingerprint density at radius 2 is 2.05 bits per heavy atom. The molecule has 1 aliphatic rings. The van der Waals surface area contributed by atoms with Crippen LogP contribution >= 0.6 is 27.7 Å². The van der Waals surface area contributed by atoms with Crippen molar-refractivity contribution in [1.82, 2.24) is 4.90 Å². The molecule has 0 aromatic heterocycles. The maximum Gasteiger partial charge on any atom is 0.243 e. The number of anilines is 1. The summed E-state index contributed by atoms with van der Waals surface area (Å²) in [7, 11) is 0. The lowest BCUT2D eigenvalue weighted by Gasteiger charge is -2.24. The van der Waals surface area contributed by atoms with Crippen LogP contribution in [0.4, 0.5) is 5.69 Å². The SMILES string of the molecule is CCC(CC)N1C(=O)CC(Sc2ccc(N)cc2Br)C1=O. The molecule has 0 saturated carbocycles. The van der Waals surface area contributed by atoms with E-state index < -0.39 is 0 Å². The number of nitrogens with two attached hydrogens (primary N) is 1. The van der Waals surface area contributed by atoms with Gasteiger partial charge in [0.2, 0.25) is 11.8 Å². The Balaban J connectivity index is 2.15. The summed E-state index contributed by atoms with van der Waals surface area (Å²) >= 11 is 4.88. The summed E-state index contributed by atoms with van der Waals surface area (Å²) in [6.07, 6.45) is 1.88. The van der Waals surface area contributed by atoms with E-state index in [1.54, 1.807) is 6.07 Å². The van der Waals surface area contributed by atoms with Crippen molar-refractivity contribution in [1.29, 1.82) is 0 Å². The molecule has 6 heteroatoms. The number of benzene rings is 1. The molecule has 114 valence electrons. The first-order valence-corrected chi connectivity index (χ1v) is 8.72. The number of carbonyl (C=O) groups excluding carboxylic acids is 2. The third-order valence-corrected chi connectivity index (χ3v) is 5.86. The van der Waals surface area contributed by atoms with E-state index in [0.717, 1.165) is 22.2 Å². The van der Waals surface area contributed by atoms with Gasteiger partial charge in [-0.25, -0.2) is 0 Å². The number of carbonyl (C=O) groups is 2. The minimum Gasteiger partial charge on any atom is -0.399 e. The van der Waals surface area contributed by atoms with Gasteiger partial charge in [0.15, 0.2) is 0 Å². The largest absolute Gasteiger partial charge is 0.399 e. The van der Waals surface area contributed by atoms with E-state index in [0.29, 0.717) is 5.69 Å². The number of hydrogen-bond donors (Lipinski definition) is 1. The molecule has 2 N–H and O–H groups in total. The molecule has 0 radical (unpaired) electrons. The molecule has 1 fully saturated rings. The van der Waals surface area contributed by atoms with E-state index in [1.165, 1.54) is 16.7 Å². The maximum absolute atomic E-state index is 12.5. The third-order valence-electron chi connectivity index (χ3n) is 3.67. The number of imide groups is 1. The molecule has 2 rings (SSSR count). The van der Waals surface area contributed by atoms with E-state index in [-0.39, 0.29) is 29.5 Å². The Kier molecular flexibility index (Phi) is 5.32. The summed E-state index contributed by atoms with van der Waals surface area (Å²) in [6.45, 7) is 4.01. The second-order valence-electron chi connectivity index (χ2n) is 5.07. The first-order chi connectivity index (χ1) is 9.97. The summed E-state index contributed by atoms with van der Waals surface area (Å²) in [6, 6.07) is 5.50. The fraction of sp³-hybridized carbons (Fsp3) is 0.467. The van der Waals surface area contributed by atoms with Crippen molar-refractivity contribution in [2.45, 2.75) is 49.3 Å². The molecule has 0 aliphatic carbocycles. The number of hydrogen-bond acceptors (Lipinski definition) is 4. The van der Waals surface area contributed by atoms with Crippen LogP contribution < -0.4 is 5.73 Å². The molecule has 1 heterocycles. The minimum absolute atomic E-state index is 0.0189. The van der Waals surface area contributed by atoms with Gasteiger partial charge in [0.1, 0.15) is 0 Å². The lowest BCUT2D eigenvalue weighted by atomic mass is 10.1. The molecule has 1 atom stereocenters. The average molecular weight is 371 g/mol. The van der Waals surface area contributed by atoms with Crippen LogP contribution in [0.25, 0.3) is 0 Å². The third kappa shape index (κ3) is 3.43. The topological polar surface area (TPSA) is 63.4 Å². The van der Waals surface area contributed by atoms with Gasteiger partial charge in [-0.15, -0.1) is 11.8 Å². The first-order valence-electron chi connectivity index (χ1n) is 7.05. The minimum atomic E-state index is -0.335. The van der Waals surface area contributed by atoms with Crippen LogP contribution in [-0.4, -0.2) is 28.0 Å². The van der Waals surface area contributed by atoms with Crippen molar-refractivity contribution in [3.63, 3.8) is 0 Å². The number of nitrogens with zero attached hydrogens (tertiary/aromatic N) is 1. The van der Waals surface area contributed by atoms with E-state index in [2.05, 4.69) is 15.9 Å². The van der Waals surface area contributed by atoms with E-state index in [9.17, 15) is 9.59 Å². The molecular weight excluding hydrogens is 352 g/mol. The Morgan fingerprint density at radius 3 is 2.62 bits per heavy atom. The van der Waals surface area contributed by atoms with E-state index in [4.69, 9.17) is 5.73 Å². The lowest BCUT2D eigenvalue weighted by molar-refractivity contribution is -0.141. The molecule has 0 bridgehead atoms. The number of halogens is 1. The molecule has 1 unspecified atom stereocenters. The Labute approximate surface area is 137 Å². The number of thioether (sulfide) groups is 1. The van der Waals surface area contributed by atoms with Crippen LogP contribution in [0.15, 0.2) is 27.6 Å². The van der Waals surface area contributed by atoms with Crippen molar-refractivity contribution in [3.8, 4) is 0 Å². The second kappa shape index (κ2) is 6.83. The predicted octanol–water partition coefficient (Wildman–Crippen LogP) is 3.44. The van der Waals surface area contributed by atoms with Gasteiger partial charge in [-0.3, -0.25) is 14.5 Å². The molecule has 1 aliphatic heterocycles. The monoisotopic (exact) mass is 370 g/mol. The van der Waals surface area contributed by atoms with Gasteiger partial charge in [-0.05, 0) is 47.0 Å². The summed E-state index contributed by atoms with van der Waals surface area (Å²) < 4.78 is 0.855. The van der Waals surface area contributed by atoms with Gasteiger partial charge in [0.25, 0.3) is 0 Å². The van der Waals surface area contributed by atoms with Crippen LogP contribution in [0.2, 0.25) is 0 Å². The lowest BCUT2D eigenvalue weighted by Crippen LogP contribution is -2.40. The van der Waals surface area contributed by atoms with Crippen molar-refractivity contribution < 1.29 is 9.59 Å². The van der Waals surface area contributed by atoms with Crippen LogP contribution in [0, 0.1) is 0 Å². The van der Waals surface area contributed by atoms with Crippen LogP contribution in [0.3, 0.4) is 0 Å².